The predicted molar refractivity (Wildman–Crippen MR) is 125 cm³/mol. The number of nitrogens with zero attached hydrogens (tertiary/aromatic N) is 1. The molecule has 7 heteroatoms. The Morgan fingerprint density at radius 3 is 2.21 bits per heavy atom. The lowest BCUT2D eigenvalue weighted by Gasteiger charge is -2.25. The van der Waals surface area contributed by atoms with Gasteiger partial charge in [-0.25, -0.2) is 0 Å². The monoisotopic (exact) mass is 463 g/mol. The normalized spacial score (nSPS) is 17.3. The van der Waals surface area contributed by atoms with Crippen LogP contribution in [0, 0.1) is 0 Å². The second-order valence-corrected chi connectivity index (χ2v) is 7.94. The van der Waals surface area contributed by atoms with E-state index in [2.05, 4.69) is 0 Å². The molecule has 0 bridgehead atoms. The summed E-state index contributed by atoms with van der Waals surface area (Å²) >= 11 is 6.33. The zero-order chi connectivity index (χ0) is 23.5. The molecule has 1 unspecified atom stereocenters. The van der Waals surface area contributed by atoms with Gasteiger partial charge in [-0.1, -0.05) is 54.1 Å². The Kier molecular flexibility index (Phi) is 6.38. The molecule has 3 aromatic rings. The maximum absolute atomic E-state index is 13.2. The highest BCUT2D eigenvalue weighted by Gasteiger charge is 2.46. The fourth-order valence-electron chi connectivity index (χ4n) is 3.91. The highest BCUT2D eigenvalue weighted by atomic mass is 35.5. The average molecular weight is 464 g/mol. The van der Waals surface area contributed by atoms with E-state index >= 15 is 0 Å². The third kappa shape index (κ3) is 4.30. The lowest BCUT2D eigenvalue weighted by Crippen LogP contribution is -2.29. The van der Waals surface area contributed by atoms with Gasteiger partial charge in [0.25, 0.3) is 11.7 Å². The smallest absolute Gasteiger partial charge is 0.295 e. The summed E-state index contributed by atoms with van der Waals surface area (Å²) in [5.41, 5.74) is 1.72. The largest absolute Gasteiger partial charge is 0.507 e. The molecule has 33 heavy (non-hydrogen) atoms. The number of ketones is 1. The molecule has 0 radical (unpaired) electrons. The van der Waals surface area contributed by atoms with E-state index in [0.29, 0.717) is 17.1 Å². The quantitative estimate of drug-likeness (QED) is 0.317. The third-order valence-corrected chi connectivity index (χ3v) is 5.93. The topological polar surface area (TPSA) is 76.1 Å². The first-order chi connectivity index (χ1) is 15.9. The van der Waals surface area contributed by atoms with Gasteiger partial charge in [0.05, 0.1) is 30.9 Å². The van der Waals surface area contributed by atoms with Gasteiger partial charge in [0.15, 0.2) is 0 Å². The molecule has 0 aliphatic carbocycles. The zero-order valence-electron chi connectivity index (χ0n) is 18.1. The molecule has 1 atom stereocenters. The number of ether oxygens (including phenoxy) is 2. The number of carbonyl (C=O) groups excluding carboxylic acids is 2. The maximum Gasteiger partial charge on any atom is 0.295 e. The summed E-state index contributed by atoms with van der Waals surface area (Å²) in [7, 11) is 3.07. The SMILES string of the molecule is COc1ccc(CN2C(=O)C(=O)/C(=C(/O)c3cc(OC)ccc3Cl)C2c2ccccc2)cc1. The molecule has 0 aromatic heterocycles. The maximum atomic E-state index is 13.2. The summed E-state index contributed by atoms with van der Waals surface area (Å²) in [5.74, 6) is -0.657. The van der Waals surface area contributed by atoms with E-state index in [4.69, 9.17) is 21.1 Å². The van der Waals surface area contributed by atoms with Gasteiger partial charge in [0.1, 0.15) is 17.3 Å². The molecule has 1 fully saturated rings. The van der Waals surface area contributed by atoms with Gasteiger partial charge in [-0.05, 0) is 41.5 Å². The molecule has 1 N–H and O–H groups in total. The van der Waals surface area contributed by atoms with Crippen LogP contribution >= 0.6 is 11.6 Å². The zero-order valence-corrected chi connectivity index (χ0v) is 18.9. The number of amides is 1. The first-order valence-electron chi connectivity index (χ1n) is 10.2. The molecule has 0 spiro atoms. The third-order valence-electron chi connectivity index (χ3n) is 5.60. The Morgan fingerprint density at radius 2 is 1.58 bits per heavy atom. The van der Waals surface area contributed by atoms with Crippen LogP contribution in [0.2, 0.25) is 5.02 Å². The number of likely N-dealkylation sites (tertiary alicyclic amines) is 1. The summed E-state index contributed by atoms with van der Waals surface area (Å²) in [4.78, 5) is 27.7. The van der Waals surface area contributed by atoms with Crippen molar-refractivity contribution in [3.63, 3.8) is 0 Å². The van der Waals surface area contributed by atoms with Crippen molar-refractivity contribution < 1.29 is 24.2 Å². The molecular formula is C26H22ClNO5. The highest BCUT2D eigenvalue weighted by molar-refractivity contribution is 6.47. The van der Waals surface area contributed by atoms with Crippen LogP contribution in [0.3, 0.4) is 0 Å². The molecule has 1 aliphatic rings. The van der Waals surface area contributed by atoms with Crippen molar-refractivity contribution in [2.45, 2.75) is 12.6 Å². The van der Waals surface area contributed by atoms with Crippen LogP contribution in [0.5, 0.6) is 11.5 Å². The van der Waals surface area contributed by atoms with Gasteiger partial charge in [0, 0.05) is 12.1 Å². The Morgan fingerprint density at radius 1 is 0.939 bits per heavy atom. The number of rotatable bonds is 6. The Labute approximate surface area is 196 Å². The number of aliphatic hydroxyl groups excluding tert-OH is 1. The number of Topliss-reactive ketones (excluding diaryl/α,β-unsaturated/α-hetero) is 1. The van der Waals surface area contributed by atoms with Crippen molar-refractivity contribution in [2.75, 3.05) is 14.2 Å². The van der Waals surface area contributed by atoms with Crippen molar-refractivity contribution in [3.05, 3.63) is 100 Å². The van der Waals surface area contributed by atoms with Crippen molar-refractivity contribution >= 4 is 29.1 Å². The molecule has 168 valence electrons. The standard InChI is InChI=1S/C26H22ClNO5/c1-32-18-10-8-16(9-11-18)15-28-23(17-6-4-3-5-7-17)22(25(30)26(28)31)24(29)20-14-19(33-2)12-13-21(20)27/h3-14,23,29H,15H2,1-2H3/b24-22+. The number of halogens is 1. The molecule has 0 saturated carbocycles. The molecule has 1 heterocycles. The number of hydrogen-bond donors (Lipinski definition) is 1. The van der Waals surface area contributed by atoms with E-state index in [1.807, 2.05) is 42.5 Å². The van der Waals surface area contributed by atoms with Gasteiger partial charge in [-0.2, -0.15) is 0 Å². The van der Waals surface area contributed by atoms with Crippen molar-refractivity contribution in [1.29, 1.82) is 0 Å². The predicted octanol–water partition coefficient (Wildman–Crippen LogP) is 4.98. The van der Waals surface area contributed by atoms with Gasteiger partial charge >= 0.3 is 0 Å². The Balaban J connectivity index is 1.84. The van der Waals surface area contributed by atoms with Crippen LogP contribution in [0.1, 0.15) is 22.7 Å². The Bertz CT molecular complexity index is 1220. The summed E-state index contributed by atoms with van der Waals surface area (Å²) in [6.45, 7) is 0.177. The summed E-state index contributed by atoms with van der Waals surface area (Å²) in [5, 5.41) is 11.5. The van der Waals surface area contributed by atoms with E-state index in [9.17, 15) is 14.7 Å². The van der Waals surface area contributed by atoms with Crippen molar-refractivity contribution in [2.24, 2.45) is 0 Å². The summed E-state index contributed by atoms with van der Waals surface area (Å²) < 4.78 is 10.4. The number of aliphatic hydroxyl groups is 1. The second kappa shape index (κ2) is 9.38. The first kappa shape index (κ1) is 22.4. The van der Waals surface area contributed by atoms with Gasteiger partial charge in [-0.15, -0.1) is 0 Å². The number of hydrogen-bond acceptors (Lipinski definition) is 5. The molecule has 1 amide bonds. The van der Waals surface area contributed by atoms with Crippen LogP contribution in [-0.2, 0) is 16.1 Å². The van der Waals surface area contributed by atoms with Gasteiger partial charge in [-0.3, -0.25) is 9.59 Å². The molecule has 1 saturated heterocycles. The van der Waals surface area contributed by atoms with Crippen LogP contribution in [0.25, 0.3) is 5.76 Å². The fourth-order valence-corrected chi connectivity index (χ4v) is 4.12. The number of benzene rings is 3. The van der Waals surface area contributed by atoms with Crippen LogP contribution < -0.4 is 9.47 Å². The lowest BCUT2D eigenvalue weighted by molar-refractivity contribution is -0.140. The lowest BCUT2D eigenvalue weighted by atomic mass is 9.95. The highest BCUT2D eigenvalue weighted by Crippen LogP contribution is 2.41. The van der Waals surface area contributed by atoms with Crippen molar-refractivity contribution in [1.82, 2.24) is 4.90 Å². The van der Waals surface area contributed by atoms with E-state index in [-0.39, 0.29) is 28.5 Å². The minimum Gasteiger partial charge on any atom is -0.507 e. The van der Waals surface area contributed by atoms with E-state index in [1.165, 1.54) is 18.1 Å². The molecule has 3 aromatic carbocycles. The van der Waals surface area contributed by atoms with E-state index < -0.39 is 17.7 Å². The fraction of sp³-hybridized carbons (Fsp3) is 0.154. The average Bonchev–Trinajstić information content (AvgIpc) is 3.10. The molecular weight excluding hydrogens is 442 g/mol. The van der Waals surface area contributed by atoms with E-state index in [0.717, 1.165) is 5.56 Å². The van der Waals surface area contributed by atoms with E-state index in [1.54, 1.807) is 31.4 Å². The molecule has 1 aliphatic heterocycles. The van der Waals surface area contributed by atoms with Crippen molar-refractivity contribution in [3.8, 4) is 11.5 Å². The molecule has 6 nitrogen and oxygen atoms in total. The van der Waals surface area contributed by atoms with Gasteiger partial charge in [0.2, 0.25) is 0 Å². The summed E-state index contributed by atoms with van der Waals surface area (Å²) in [6.07, 6.45) is 0. The molecule has 4 rings (SSSR count). The summed E-state index contributed by atoms with van der Waals surface area (Å²) in [6, 6.07) is 20.3. The van der Waals surface area contributed by atoms with Gasteiger partial charge < -0.3 is 19.5 Å². The number of methoxy groups -OCH3 is 2. The number of carbonyl (C=O) groups is 2. The Hall–Kier alpha value is -3.77. The minimum absolute atomic E-state index is 0.0186. The van der Waals surface area contributed by atoms with Crippen LogP contribution in [-0.4, -0.2) is 35.9 Å². The minimum atomic E-state index is -0.782. The first-order valence-corrected chi connectivity index (χ1v) is 10.6. The van der Waals surface area contributed by atoms with Crippen LogP contribution in [0.15, 0.2) is 78.4 Å². The second-order valence-electron chi connectivity index (χ2n) is 7.53. The van der Waals surface area contributed by atoms with Crippen LogP contribution in [0.4, 0.5) is 0 Å².